The number of allylic oxidation sites excluding steroid dienone is 3. The zero-order chi connectivity index (χ0) is 18.0. The summed E-state index contributed by atoms with van der Waals surface area (Å²) in [6.45, 7) is 4.45. The fourth-order valence-corrected chi connectivity index (χ4v) is 8.88. The van der Waals surface area contributed by atoms with Crippen LogP contribution in [-0.2, 0) is 4.57 Å². The van der Waals surface area contributed by atoms with Crippen molar-refractivity contribution in [3.63, 3.8) is 0 Å². The lowest BCUT2D eigenvalue weighted by molar-refractivity contribution is 0.570. The van der Waals surface area contributed by atoms with Crippen molar-refractivity contribution in [1.29, 1.82) is 0 Å². The summed E-state index contributed by atoms with van der Waals surface area (Å²) in [5.41, 5.74) is 3.90. The average Bonchev–Trinajstić information content (AvgIpc) is 3.07. The highest BCUT2D eigenvalue weighted by Crippen LogP contribution is 2.81. The molecule has 1 aliphatic heterocycles. The molecule has 1 fully saturated rings. The highest BCUT2D eigenvalue weighted by molar-refractivity contribution is 7.69. The Labute approximate surface area is 157 Å². The molecule has 2 atom stereocenters. The SMILES string of the molecule is C=C(C1=CCCCC1)P1(=O)[C@@H](c2ccccc2)CC[C@@H]1c1ccccc1. The lowest BCUT2D eigenvalue weighted by atomic mass is 10.00. The van der Waals surface area contributed by atoms with Gasteiger partial charge in [-0.15, -0.1) is 0 Å². The van der Waals surface area contributed by atoms with Crippen molar-refractivity contribution in [2.75, 3.05) is 0 Å². The third-order valence-corrected chi connectivity index (χ3v) is 10.2. The van der Waals surface area contributed by atoms with Crippen molar-refractivity contribution < 1.29 is 4.57 Å². The number of benzene rings is 2. The van der Waals surface area contributed by atoms with Gasteiger partial charge < -0.3 is 4.57 Å². The van der Waals surface area contributed by atoms with Crippen LogP contribution < -0.4 is 0 Å². The van der Waals surface area contributed by atoms with Crippen LogP contribution in [0, 0.1) is 0 Å². The molecule has 0 amide bonds. The van der Waals surface area contributed by atoms with Gasteiger partial charge in [0, 0.05) is 16.6 Å². The molecule has 0 bridgehead atoms. The van der Waals surface area contributed by atoms with Crippen LogP contribution in [0.2, 0.25) is 0 Å². The Hall–Kier alpha value is -1.85. The fraction of sp³-hybridized carbons (Fsp3) is 0.333. The van der Waals surface area contributed by atoms with Crippen molar-refractivity contribution in [3.8, 4) is 0 Å². The molecule has 1 nitrogen and oxygen atoms in total. The third-order valence-electron chi connectivity index (χ3n) is 6.09. The minimum absolute atomic E-state index is 0.101. The maximum Gasteiger partial charge on any atom is 0.129 e. The zero-order valence-electron chi connectivity index (χ0n) is 15.3. The van der Waals surface area contributed by atoms with Gasteiger partial charge in [-0.3, -0.25) is 0 Å². The van der Waals surface area contributed by atoms with Crippen LogP contribution in [0.25, 0.3) is 0 Å². The average molecular weight is 362 g/mol. The second kappa shape index (κ2) is 7.41. The summed E-state index contributed by atoms with van der Waals surface area (Å²) in [7, 11) is -2.66. The van der Waals surface area contributed by atoms with Crippen molar-refractivity contribution in [3.05, 3.63) is 95.3 Å². The van der Waals surface area contributed by atoms with Gasteiger partial charge in [0.05, 0.1) is 0 Å². The summed E-state index contributed by atoms with van der Waals surface area (Å²) in [4.78, 5) is 0. The van der Waals surface area contributed by atoms with Crippen LogP contribution in [-0.4, -0.2) is 0 Å². The minimum atomic E-state index is -2.66. The molecule has 0 spiro atoms. The maximum absolute atomic E-state index is 14.7. The van der Waals surface area contributed by atoms with E-state index in [1.807, 2.05) is 12.1 Å². The highest BCUT2D eigenvalue weighted by atomic mass is 31.2. The Morgan fingerprint density at radius 1 is 0.846 bits per heavy atom. The van der Waals surface area contributed by atoms with E-state index in [-0.39, 0.29) is 11.3 Å². The topological polar surface area (TPSA) is 17.1 Å². The Morgan fingerprint density at radius 3 is 1.85 bits per heavy atom. The molecule has 134 valence electrons. The number of hydrogen-bond acceptors (Lipinski definition) is 1. The molecule has 2 heteroatoms. The normalized spacial score (nSPS) is 24.8. The van der Waals surface area contributed by atoms with Crippen LogP contribution in [0.15, 0.2) is 84.2 Å². The summed E-state index contributed by atoms with van der Waals surface area (Å²) in [5, 5.41) is 0.956. The molecule has 4 rings (SSSR count). The Kier molecular flexibility index (Phi) is 5.00. The lowest BCUT2D eigenvalue weighted by Gasteiger charge is -2.31. The van der Waals surface area contributed by atoms with E-state index < -0.39 is 7.14 Å². The fourth-order valence-electron chi connectivity index (χ4n) is 4.74. The van der Waals surface area contributed by atoms with E-state index in [2.05, 4.69) is 61.2 Å². The Morgan fingerprint density at radius 2 is 1.38 bits per heavy atom. The van der Waals surface area contributed by atoms with Crippen LogP contribution in [0.5, 0.6) is 0 Å². The predicted octanol–water partition coefficient (Wildman–Crippen LogP) is 7.64. The predicted molar refractivity (Wildman–Crippen MR) is 111 cm³/mol. The van der Waals surface area contributed by atoms with Crippen molar-refractivity contribution in [2.24, 2.45) is 0 Å². The molecule has 1 heterocycles. The molecule has 2 aliphatic rings. The van der Waals surface area contributed by atoms with Gasteiger partial charge in [0.15, 0.2) is 0 Å². The quantitative estimate of drug-likeness (QED) is 0.511. The molecule has 1 aliphatic carbocycles. The molecular formula is C24H27OP. The second-order valence-corrected chi connectivity index (χ2v) is 10.8. The molecule has 0 radical (unpaired) electrons. The maximum atomic E-state index is 14.7. The van der Waals surface area contributed by atoms with Crippen LogP contribution >= 0.6 is 7.14 Å². The van der Waals surface area contributed by atoms with Crippen LogP contribution in [0.3, 0.4) is 0 Å². The van der Waals surface area contributed by atoms with Gasteiger partial charge in [-0.25, -0.2) is 0 Å². The first-order valence-electron chi connectivity index (χ1n) is 9.79. The summed E-state index contributed by atoms with van der Waals surface area (Å²) in [5.74, 6) is 0. The van der Waals surface area contributed by atoms with E-state index >= 15 is 0 Å². The molecular weight excluding hydrogens is 335 g/mol. The van der Waals surface area contributed by atoms with Gasteiger partial charge in [0.2, 0.25) is 0 Å². The first kappa shape index (κ1) is 17.6. The molecule has 0 aromatic heterocycles. The molecule has 0 unspecified atom stereocenters. The van der Waals surface area contributed by atoms with Crippen molar-refractivity contribution in [2.45, 2.75) is 49.8 Å². The molecule has 0 N–H and O–H groups in total. The van der Waals surface area contributed by atoms with E-state index in [0.29, 0.717) is 0 Å². The van der Waals surface area contributed by atoms with Crippen LogP contribution in [0.1, 0.15) is 61.0 Å². The zero-order valence-corrected chi connectivity index (χ0v) is 16.2. The minimum Gasteiger partial charge on any atom is -0.317 e. The molecule has 0 saturated carbocycles. The van der Waals surface area contributed by atoms with Gasteiger partial charge in [-0.1, -0.05) is 73.3 Å². The smallest absolute Gasteiger partial charge is 0.129 e. The van der Waals surface area contributed by atoms with E-state index in [1.165, 1.54) is 29.5 Å². The first-order chi connectivity index (χ1) is 12.7. The second-order valence-electron chi connectivity index (χ2n) is 7.56. The lowest BCUT2D eigenvalue weighted by Crippen LogP contribution is -2.04. The van der Waals surface area contributed by atoms with Gasteiger partial charge in [0.25, 0.3) is 0 Å². The summed E-state index contributed by atoms with van der Waals surface area (Å²) >= 11 is 0. The number of rotatable bonds is 4. The van der Waals surface area contributed by atoms with E-state index in [4.69, 9.17) is 0 Å². The molecule has 2 aromatic rings. The van der Waals surface area contributed by atoms with Crippen molar-refractivity contribution >= 4 is 7.14 Å². The number of hydrogen-bond donors (Lipinski definition) is 0. The highest BCUT2D eigenvalue weighted by Gasteiger charge is 2.49. The van der Waals surface area contributed by atoms with Gasteiger partial charge in [-0.05, 0) is 55.2 Å². The largest absolute Gasteiger partial charge is 0.317 e. The Balaban J connectivity index is 1.80. The van der Waals surface area contributed by atoms with E-state index in [9.17, 15) is 4.57 Å². The van der Waals surface area contributed by atoms with Gasteiger partial charge in [-0.2, -0.15) is 0 Å². The first-order valence-corrected chi connectivity index (χ1v) is 11.6. The molecule has 26 heavy (non-hydrogen) atoms. The molecule has 1 saturated heterocycles. The molecule has 2 aromatic carbocycles. The third kappa shape index (κ3) is 3.03. The van der Waals surface area contributed by atoms with Crippen LogP contribution in [0.4, 0.5) is 0 Å². The van der Waals surface area contributed by atoms with E-state index in [0.717, 1.165) is 31.0 Å². The van der Waals surface area contributed by atoms with Crippen molar-refractivity contribution in [1.82, 2.24) is 0 Å². The summed E-state index contributed by atoms with van der Waals surface area (Å²) in [6, 6.07) is 20.9. The van der Waals surface area contributed by atoms with Gasteiger partial charge in [0.1, 0.15) is 7.14 Å². The van der Waals surface area contributed by atoms with Gasteiger partial charge >= 0.3 is 0 Å². The summed E-state index contributed by atoms with van der Waals surface area (Å²) in [6.07, 6.45) is 8.82. The van der Waals surface area contributed by atoms with E-state index in [1.54, 1.807) is 0 Å². The monoisotopic (exact) mass is 362 g/mol. The Bertz CT molecular complexity index is 799. The summed E-state index contributed by atoms with van der Waals surface area (Å²) < 4.78 is 14.7. The standard InChI is InChI=1S/C24H27OP/c1-19(20-11-5-2-6-12-20)26(25)23(21-13-7-3-8-14-21)17-18-24(26)22-15-9-4-10-16-22/h3-4,7-11,13-16,23-24H,1-2,5-6,12,17-18H2/t23-,24-/m1/s1.